The van der Waals surface area contributed by atoms with Crippen molar-refractivity contribution in [3.63, 3.8) is 0 Å². The lowest BCUT2D eigenvalue weighted by Gasteiger charge is -2.39. The van der Waals surface area contributed by atoms with E-state index in [2.05, 4.69) is 67.5 Å². The van der Waals surface area contributed by atoms with Gasteiger partial charge in [-0.1, -0.05) is 44.0 Å². The molecule has 0 aromatic heterocycles. The maximum absolute atomic E-state index is 6.13. The van der Waals surface area contributed by atoms with E-state index in [9.17, 15) is 0 Å². The van der Waals surface area contributed by atoms with Gasteiger partial charge in [-0.15, -0.1) is 0 Å². The first kappa shape index (κ1) is 15.1. The van der Waals surface area contributed by atoms with E-state index in [0.717, 1.165) is 33.9 Å². The van der Waals surface area contributed by atoms with Crippen molar-refractivity contribution in [2.24, 2.45) is 5.73 Å². The first-order valence-corrected chi connectivity index (χ1v) is 8.70. The number of nitrogens with two attached hydrogens (primary N) is 1. The number of hydrogen-bond donors (Lipinski definition) is 2. The summed E-state index contributed by atoms with van der Waals surface area (Å²) in [5.41, 5.74) is 10.0. The maximum Gasteiger partial charge on any atom is 0.0539 e. The molecule has 0 saturated heterocycles. The molecule has 1 aliphatic carbocycles. The van der Waals surface area contributed by atoms with E-state index in [1.165, 1.54) is 11.1 Å². The zero-order chi connectivity index (χ0) is 14.9. The standard InChI is InChI=1S/C17H18Br2N2/c18-14-2-1-3-16(9-14)21-17(11-20)7-6-12-8-15(19)5-4-13(12)10-17/h1-5,8-9,21H,6-7,10-11,20H2. The van der Waals surface area contributed by atoms with Crippen LogP contribution >= 0.6 is 31.9 Å². The number of fused-ring (bicyclic) bond motifs is 1. The molecular weight excluding hydrogens is 392 g/mol. The summed E-state index contributed by atoms with van der Waals surface area (Å²) < 4.78 is 2.24. The van der Waals surface area contributed by atoms with Crippen LogP contribution in [0.4, 0.5) is 5.69 Å². The van der Waals surface area contributed by atoms with Crippen LogP contribution < -0.4 is 11.1 Å². The van der Waals surface area contributed by atoms with Crippen LogP contribution in [0.2, 0.25) is 0 Å². The van der Waals surface area contributed by atoms with Gasteiger partial charge >= 0.3 is 0 Å². The lowest BCUT2D eigenvalue weighted by atomic mass is 9.77. The molecule has 2 nitrogen and oxygen atoms in total. The monoisotopic (exact) mass is 408 g/mol. The molecule has 1 aliphatic rings. The number of halogens is 2. The highest BCUT2D eigenvalue weighted by atomic mass is 79.9. The number of benzene rings is 2. The summed E-state index contributed by atoms with van der Waals surface area (Å²) >= 11 is 7.08. The van der Waals surface area contributed by atoms with Gasteiger partial charge in [0.2, 0.25) is 0 Å². The van der Waals surface area contributed by atoms with Gasteiger partial charge in [-0.05, 0) is 60.7 Å². The predicted octanol–water partition coefficient (Wildman–Crippen LogP) is 4.51. The molecule has 3 N–H and O–H groups in total. The van der Waals surface area contributed by atoms with Crippen LogP contribution in [-0.4, -0.2) is 12.1 Å². The predicted molar refractivity (Wildman–Crippen MR) is 95.7 cm³/mol. The summed E-state index contributed by atoms with van der Waals surface area (Å²) in [7, 11) is 0. The first-order valence-electron chi connectivity index (χ1n) is 7.11. The van der Waals surface area contributed by atoms with Gasteiger partial charge in [0, 0.05) is 21.2 Å². The van der Waals surface area contributed by atoms with Gasteiger partial charge in [-0.3, -0.25) is 0 Å². The molecule has 0 radical (unpaired) electrons. The highest BCUT2D eigenvalue weighted by Crippen LogP contribution is 2.33. The van der Waals surface area contributed by atoms with Crippen molar-refractivity contribution in [1.29, 1.82) is 0 Å². The van der Waals surface area contributed by atoms with Crippen LogP contribution in [-0.2, 0) is 12.8 Å². The van der Waals surface area contributed by atoms with Gasteiger partial charge in [0.1, 0.15) is 0 Å². The fraction of sp³-hybridized carbons (Fsp3) is 0.294. The molecule has 4 heteroatoms. The summed E-state index contributed by atoms with van der Waals surface area (Å²) in [4.78, 5) is 0. The van der Waals surface area contributed by atoms with E-state index >= 15 is 0 Å². The van der Waals surface area contributed by atoms with Crippen LogP contribution in [0.5, 0.6) is 0 Å². The number of rotatable bonds is 3. The van der Waals surface area contributed by atoms with Crippen molar-refractivity contribution in [2.75, 3.05) is 11.9 Å². The van der Waals surface area contributed by atoms with E-state index in [0.29, 0.717) is 6.54 Å². The second-order valence-corrected chi connectivity index (χ2v) is 7.54. The molecule has 0 fully saturated rings. The lowest BCUT2D eigenvalue weighted by Crippen LogP contribution is -2.49. The van der Waals surface area contributed by atoms with Crippen LogP contribution in [0.3, 0.4) is 0 Å². The summed E-state index contributed by atoms with van der Waals surface area (Å²) in [6.45, 7) is 0.634. The molecule has 0 saturated carbocycles. The Balaban J connectivity index is 1.87. The SMILES string of the molecule is NCC1(Nc2cccc(Br)c2)CCc2cc(Br)ccc2C1. The highest BCUT2D eigenvalue weighted by Gasteiger charge is 2.33. The van der Waals surface area contributed by atoms with Crippen molar-refractivity contribution in [2.45, 2.75) is 24.8 Å². The zero-order valence-electron chi connectivity index (χ0n) is 11.7. The fourth-order valence-electron chi connectivity index (χ4n) is 3.03. The minimum Gasteiger partial charge on any atom is -0.378 e. The van der Waals surface area contributed by atoms with Crippen LogP contribution in [0, 0.1) is 0 Å². The van der Waals surface area contributed by atoms with E-state index in [1.807, 2.05) is 12.1 Å². The molecule has 0 amide bonds. The van der Waals surface area contributed by atoms with Crippen LogP contribution in [0.1, 0.15) is 17.5 Å². The van der Waals surface area contributed by atoms with Gasteiger partial charge in [0.15, 0.2) is 0 Å². The number of nitrogens with one attached hydrogen (secondary N) is 1. The topological polar surface area (TPSA) is 38.0 Å². The Morgan fingerprint density at radius 2 is 1.86 bits per heavy atom. The maximum atomic E-state index is 6.13. The second-order valence-electron chi connectivity index (χ2n) is 5.71. The summed E-state index contributed by atoms with van der Waals surface area (Å²) in [5.74, 6) is 0. The van der Waals surface area contributed by atoms with E-state index in [1.54, 1.807) is 0 Å². The number of hydrogen-bond acceptors (Lipinski definition) is 2. The minimum absolute atomic E-state index is 0.0539. The lowest BCUT2D eigenvalue weighted by molar-refractivity contribution is 0.417. The van der Waals surface area contributed by atoms with E-state index < -0.39 is 0 Å². The molecule has 1 atom stereocenters. The third kappa shape index (κ3) is 3.33. The number of anilines is 1. The Bertz CT molecular complexity index is 657. The normalized spacial score (nSPS) is 20.9. The quantitative estimate of drug-likeness (QED) is 0.782. The third-order valence-corrected chi connectivity index (χ3v) is 5.18. The molecular formula is C17H18Br2N2. The molecule has 21 heavy (non-hydrogen) atoms. The van der Waals surface area contributed by atoms with Crippen LogP contribution in [0.25, 0.3) is 0 Å². The molecule has 0 heterocycles. The highest BCUT2D eigenvalue weighted by molar-refractivity contribution is 9.10. The van der Waals surface area contributed by atoms with E-state index in [4.69, 9.17) is 5.73 Å². The largest absolute Gasteiger partial charge is 0.378 e. The summed E-state index contributed by atoms with van der Waals surface area (Å²) in [6.07, 6.45) is 3.09. The van der Waals surface area contributed by atoms with E-state index in [-0.39, 0.29) is 5.54 Å². The first-order chi connectivity index (χ1) is 10.1. The molecule has 0 spiro atoms. The molecule has 0 bridgehead atoms. The molecule has 2 aromatic carbocycles. The average Bonchev–Trinajstić information content (AvgIpc) is 2.47. The Labute approximate surface area is 142 Å². The molecule has 0 aliphatic heterocycles. The Morgan fingerprint density at radius 1 is 1.05 bits per heavy atom. The van der Waals surface area contributed by atoms with Crippen LogP contribution in [0.15, 0.2) is 51.4 Å². The van der Waals surface area contributed by atoms with Crippen molar-refractivity contribution in [3.8, 4) is 0 Å². The summed E-state index contributed by atoms with van der Waals surface area (Å²) in [6, 6.07) is 14.8. The van der Waals surface area contributed by atoms with Gasteiger partial charge in [-0.2, -0.15) is 0 Å². The van der Waals surface area contributed by atoms with Gasteiger partial charge in [0.25, 0.3) is 0 Å². The van der Waals surface area contributed by atoms with Gasteiger partial charge in [-0.25, -0.2) is 0 Å². The fourth-order valence-corrected chi connectivity index (χ4v) is 3.84. The Morgan fingerprint density at radius 3 is 2.62 bits per heavy atom. The average molecular weight is 410 g/mol. The smallest absolute Gasteiger partial charge is 0.0539 e. The minimum atomic E-state index is -0.0539. The molecule has 3 rings (SSSR count). The second kappa shape index (κ2) is 6.11. The van der Waals surface area contributed by atoms with Crippen molar-refractivity contribution < 1.29 is 0 Å². The van der Waals surface area contributed by atoms with Gasteiger partial charge < -0.3 is 11.1 Å². The van der Waals surface area contributed by atoms with Crippen molar-refractivity contribution >= 4 is 37.5 Å². The third-order valence-electron chi connectivity index (χ3n) is 4.19. The molecule has 1 unspecified atom stereocenters. The zero-order valence-corrected chi connectivity index (χ0v) is 14.9. The Hall–Kier alpha value is -0.840. The van der Waals surface area contributed by atoms with Gasteiger partial charge in [0.05, 0.1) is 5.54 Å². The molecule has 2 aromatic rings. The summed E-state index contributed by atoms with van der Waals surface area (Å²) in [5, 5.41) is 3.67. The van der Waals surface area contributed by atoms with Crippen molar-refractivity contribution in [1.82, 2.24) is 0 Å². The molecule has 110 valence electrons. The number of aryl methyl sites for hydroxylation is 1. The van der Waals surface area contributed by atoms with Crippen molar-refractivity contribution in [3.05, 3.63) is 62.5 Å². The Kier molecular flexibility index (Phi) is 4.38.